The van der Waals surface area contributed by atoms with Gasteiger partial charge in [0.05, 0.1) is 19.5 Å². The van der Waals surface area contributed by atoms with Gasteiger partial charge in [0.1, 0.15) is 18.3 Å². The molecule has 0 amide bonds. The molecule has 0 radical (unpaired) electrons. The molecule has 0 unspecified atom stereocenters. The minimum absolute atomic E-state index is 0.124. The van der Waals surface area contributed by atoms with Gasteiger partial charge in [-0.15, -0.1) is 0 Å². The number of hydrogen-bond donors (Lipinski definition) is 3. The maximum absolute atomic E-state index is 9.88. The van der Waals surface area contributed by atoms with Gasteiger partial charge in [-0.1, -0.05) is 103 Å². The van der Waals surface area contributed by atoms with E-state index >= 15 is 0 Å². The van der Waals surface area contributed by atoms with E-state index in [-0.39, 0.29) is 6.61 Å². The van der Waals surface area contributed by atoms with E-state index < -0.39 is 31.0 Å². The van der Waals surface area contributed by atoms with Gasteiger partial charge in [-0.2, -0.15) is 0 Å². The molecule has 1 heterocycles. The molecule has 0 aromatic heterocycles. The van der Waals surface area contributed by atoms with E-state index in [2.05, 4.69) is 6.92 Å². The summed E-state index contributed by atoms with van der Waals surface area (Å²) in [6.45, 7) is 2.00. The van der Waals surface area contributed by atoms with Crippen LogP contribution < -0.4 is 0 Å². The van der Waals surface area contributed by atoms with Gasteiger partial charge in [0.25, 0.3) is 0 Å². The lowest BCUT2D eigenvalue weighted by Gasteiger charge is -2.22. The summed E-state index contributed by atoms with van der Waals surface area (Å²) in [5.74, 6) is 0. The highest BCUT2D eigenvalue weighted by molar-refractivity contribution is 4.91. The number of unbranched alkanes of at least 4 members (excludes halogenated alkanes) is 16. The predicted molar refractivity (Wildman–Crippen MR) is 127 cm³/mol. The van der Waals surface area contributed by atoms with E-state index in [0.29, 0.717) is 0 Å². The number of aliphatic hydroxyl groups excluding tert-OH is 3. The van der Waals surface area contributed by atoms with Crippen LogP contribution in [-0.2, 0) is 9.47 Å². The van der Waals surface area contributed by atoms with Gasteiger partial charge < -0.3 is 24.8 Å². The fraction of sp³-hybridized carbons (Fsp3) is 0.923. The van der Waals surface area contributed by atoms with Crippen LogP contribution >= 0.6 is 0 Å². The Bertz CT molecular complexity index is 415. The van der Waals surface area contributed by atoms with Crippen molar-refractivity contribution >= 4 is 0 Å². The maximum Gasteiger partial charge on any atom is 0.154 e. The highest BCUT2D eigenvalue weighted by atomic mass is 16.6. The molecule has 0 spiro atoms. The van der Waals surface area contributed by atoms with Gasteiger partial charge in [-0.25, -0.2) is 0 Å². The average molecular weight is 443 g/mol. The Kier molecular flexibility index (Phi) is 18.3. The van der Waals surface area contributed by atoms with Crippen LogP contribution in [0.5, 0.6) is 0 Å². The normalized spacial score (nSPS) is 22.4. The standard InChI is InChI=1S/C26H50O5/c1-2-3-4-5-6-7-8-9-10-11-12-13-14-15-16-17-18-19-20-30-26-24(29)22-31-25(26)23(28)21-27/h19-20,23-29H,2-18,21-22H2,1H3/b20-19+/t23-,24+,25-,26-/m0/s1. The van der Waals surface area contributed by atoms with Gasteiger partial charge in [-0.3, -0.25) is 0 Å². The lowest BCUT2D eigenvalue weighted by atomic mass is 10.0. The average Bonchev–Trinajstić information content (AvgIpc) is 3.15. The van der Waals surface area contributed by atoms with Crippen molar-refractivity contribution in [1.29, 1.82) is 0 Å². The van der Waals surface area contributed by atoms with Crippen molar-refractivity contribution in [2.24, 2.45) is 0 Å². The summed E-state index contributed by atoms with van der Waals surface area (Å²) in [7, 11) is 0. The van der Waals surface area contributed by atoms with E-state index in [1.165, 1.54) is 96.3 Å². The highest BCUT2D eigenvalue weighted by Crippen LogP contribution is 2.21. The van der Waals surface area contributed by atoms with Crippen LogP contribution in [0.3, 0.4) is 0 Å². The first-order valence-corrected chi connectivity index (χ1v) is 13.1. The van der Waals surface area contributed by atoms with Crippen LogP contribution in [-0.4, -0.2) is 52.9 Å². The summed E-state index contributed by atoms with van der Waals surface area (Å²) in [4.78, 5) is 0. The first-order valence-electron chi connectivity index (χ1n) is 13.1. The maximum atomic E-state index is 9.88. The SMILES string of the molecule is CCCCCCCCCCCCCCCCCC/C=C/O[C@@H]1[C@H]([C@@H](O)CO)OC[C@H]1O. The minimum atomic E-state index is -1.03. The summed E-state index contributed by atoms with van der Waals surface area (Å²) < 4.78 is 10.9. The lowest BCUT2D eigenvalue weighted by molar-refractivity contribution is -0.0721. The zero-order chi connectivity index (χ0) is 22.6. The van der Waals surface area contributed by atoms with Crippen molar-refractivity contribution in [3.8, 4) is 0 Å². The molecular formula is C26H50O5. The van der Waals surface area contributed by atoms with E-state index in [9.17, 15) is 10.2 Å². The van der Waals surface area contributed by atoms with Crippen molar-refractivity contribution < 1.29 is 24.8 Å². The largest absolute Gasteiger partial charge is 0.493 e. The van der Waals surface area contributed by atoms with E-state index in [0.717, 1.165) is 12.8 Å². The first kappa shape index (κ1) is 28.4. The van der Waals surface area contributed by atoms with Crippen molar-refractivity contribution in [3.05, 3.63) is 12.3 Å². The zero-order valence-corrected chi connectivity index (χ0v) is 20.1. The van der Waals surface area contributed by atoms with Crippen molar-refractivity contribution in [2.75, 3.05) is 13.2 Å². The molecule has 184 valence electrons. The molecule has 0 aliphatic carbocycles. The van der Waals surface area contributed by atoms with E-state index in [1.807, 2.05) is 6.08 Å². The van der Waals surface area contributed by atoms with Gasteiger partial charge in [0.2, 0.25) is 0 Å². The predicted octanol–water partition coefficient (Wildman–Crippen LogP) is 5.65. The molecule has 4 atom stereocenters. The summed E-state index contributed by atoms with van der Waals surface area (Å²) >= 11 is 0. The molecule has 5 nitrogen and oxygen atoms in total. The van der Waals surface area contributed by atoms with Crippen molar-refractivity contribution in [3.63, 3.8) is 0 Å². The summed E-state index contributed by atoms with van der Waals surface area (Å²) in [6, 6.07) is 0. The number of hydrogen-bond acceptors (Lipinski definition) is 5. The molecule has 1 fully saturated rings. The number of allylic oxidation sites excluding steroid dienone is 1. The molecule has 1 rings (SSSR count). The van der Waals surface area contributed by atoms with Crippen LogP contribution in [0.25, 0.3) is 0 Å². The van der Waals surface area contributed by atoms with E-state index in [4.69, 9.17) is 14.6 Å². The van der Waals surface area contributed by atoms with Crippen LogP contribution in [0, 0.1) is 0 Å². The number of ether oxygens (including phenoxy) is 2. The fourth-order valence-corrected chi connectivity index (χ4v) is 4.24. The second-order valence-electron chi connectivity index (χ2n) is 9.18. The molecular weight excluding hydrogens is 392 g/mol. The first-order chi connectivity index (χ1) is 15.2. The number of rotatable bonds is 21. The van der Waals surface area contributed by atoms with Crippen LogP contribution in [0.4, 0.5) is 0 Å². The van der Waals surface area contributed by atoms with Crippen molar-refractivity contribution in [2.45, 2.75) is 140 Å². The Balaban J connectivity index is 1.84. The minimum Gasteiger partial charge on any atom is -0.493 e. The van der Waals surface area contributed by atoms with Crippen LogP contribution in [0.1, 0.15) is 116 Å². The summed E-state index contributed by atoms with van der Waals surface area (Å²) in [6.07, 6.45) is 23.3. The van der Waals surface area contributed by atoms with Crippen LogP contribution in [0.15, 0.2) is 12.3 Å². The van der Waals surface area contributed by atoms with Crippen LogP contribution in [0.2, 0.25) is 0 Å². The Morgan fingerprint density at radius 3 is 1.81 bits per heavy atom. The molecule has 3 N–H and O–H groups in total. The van der Waals surface area contributed by atoms with Crippen molar-refractivity contribution in [1.82, 2.24) is 0 Å². The molecule has 1 aliphatic heterocycles. The molecule has 0 aromatic carbocycles. The Hall–Kier alpha value is -0.620. The van der Waals surface area contributed by atoms with Gasteiger partial charge in [0, 0.05) is 0 Å². The third kappa shape index (κ3) is 14.2. The highest BCUT2D eigenvalue weighted by Gasteiger charge is 2.41. The molecule has 0 bridgehead atoms. The monoisotopic (exact) mass is 442 g/mol. The fourth-order valence-electron chi connectivity index (χ4n) is 4.24. The smallest absolute Gasteiger partial charge is 0.154 e. The van der Waals surface area contributed by atoms with E-state index in [1.54, 1.807) is 6.26 Å². The zero-order valence-electron chi connectivity index (χ0n) is 20.1. The quantitative estimate of drug-likeness (QED) is 0.158. The Labute approximate surface area is 191 Å². The molecule has 1 saturated heterocycles. The lowest BCUT2D eigenvalue weighted by Crippen LogP contribution is -2.41. The Morgan fingerprint density at radius 1 is 0.839 bits per heavy atom. The summed E-state index contributed by atoms with van der Waals surface area (Å²) in [5.41, 5.74) is 0. The van der Waals surface area contributed by atoms with Gasteiger partial charge >= 0.3 is 0 Å². The van der Waals surface area contributed by atoms with Gasteiger partial charge in [0.15, 0.2) is 6.10 Å². The third-order valence-corrected chi connectivity index (χ3v) is 6.29. The molecule has 1 aliphatic rings. The molecule has 31 heavy (non-hydrogen) atoms. The topological polar surface area (TPSA) is 79.2 Å². The number of aliphatic hydroxyl groups is 3. The molecule has 5 heteroatoms. The molecule has 0 aromatic rings. The second kappa shape index (κ2) is 20.0. The molecule has 0 saturated carbocycles. The summed E-state index contributed by atoms with van der Waals surface area (Å²) in [5, 5.41) is 28.6. The third-order valence-electron chi connectivity index (χ3n) is 6.29. The van der Waals surface area contributed by atoms with Gasteiger partial charge in [-0.05, 0) is 18.9 Å². The second-order valence-corrected chi connectivity index (χ2v) is 9.18. The Morgan fingerprint density at radius 2 is 1.32 bits per heavy atom.